The molecule has 0 aliphatic carbocycles. The first-order valence-electron chi connectivity index (χ1n) is 6.45. The maximum Gasteiger partial charge on any atom is 0.227 e. The molecule has 1 saturated heterocycles. The zero-order valence-electron chi connectivity index (χ0n) is 11.1. The third-order valence-corrected chi connectivity index (χ3v) is 3.47. The van der Waals surface area contributed by atoms with Gasteiger partial charge in [-0.25, -0.2) is 8.78 Å². The maximum atomic E-state index is 13.5. The maximum absolute atomic E-state index is 13.5. The van der Waals surface area contributed by atoms with Gasteiger partial charge in [0.2, 0.25) is 5.91 Å². The van der Waals surface area contributed by atoms with Crippen molar-refractivity contribution in [2.24, 2.45) is 0 Å². The predicted molar refractivity (Wildman–Crippen MR) is 68.7 cm³/mol. The molecule has 1 fully saturated rings. The van der Waals surface area contributed by atoms with Crippen LogP contribution in [0.1, 0.15) is 19.4 Å². The highest BCUT2D eigenvalue weighted by Crippen LogP contribution is 2.15. The molecule has 1 heterocycles. The van der Waals surface area contributed by atoms with E-state index in [4.69, 9.17) is 0 Å². The molecular weight excluding hydrogens is 250 g/mol. The van der Waals surface area contributed by atoms with Crippen LogP contribution in [0.3, 0.4) is 0 Å². The zero-order valence-corrected chi connectivity index (χ0v) is 11.1. The van der Waals surface area contributed by atoms with Gasteiger partial charge in [-0.1, -0.05) is 6.07 Å². The monoisotopic (exact) mass is 268 g/mol. The van der Waals surface area contributed by atoms with Crippen LogP contribution in [0, 0.1) is 11.6 Å². The van der Waals surface area contributed by atoms with Crippen LogP contribution in [-0.2, 0) is 11.2 Å². The van der Waals surface area contributed by atoms with E-state index in [-0.39, 0.29) is 30.0 Å². The van der Waals surface area contributed by atoms with Gasteiger partial charge in [-0.2, -0.15) is 0 Å². The summed E-state index contributed by atoms with van der Waals surface area (Å²) in [7, 11) is 0. The van der Waals surface area contributed by atoms with Gasteiger partial charge in [0, 0.05) is 31.2 Å². The Bertz CT molecular complexity index is 469. The highest BCUT2D eigenvalue weighted by atomic mass is 19.1. The number of nitrogens with zero attached hydrogens (tertiary/aromatic N) is 1. The minimum absolute atomic E-state index is 0.0270. The average molecular weight is 268 g/mol. The average Bonchev–Trinajstić information content (AvgIpc) is 2.32. The van der Waals surface area contributed by atoms with Gasteiger partial charge < -0.3 is 10.2 Å². The van der Waals surface area contributed by atoms with E-state index in [9.17, 15) is 13.6 Å². The lowest BCUT2D eigenvalue weighted by molar-refractivity contribution is -0.135. The molecule has 0 saturated carbocycles. The third-order valence-electron chi connectivity index (χ3n) is 3.47. The van der Waals surface area contributed by atoms with Crippen molar-refractivity contribution in [1.82, 2.24) is 10.2 Å². The summed E-state index contributed by atoms with van der Waals surface area (Å²) in [6.45, 7) is 5.40. The van der Waals surface area contributed by atoms with Crippen LogP contribution in [0.4, 0.5) is 8.78 Å². The Labute approximate surface area is 111 Å². The Morgan fingerprint density at radius 3 is 2.53 bits per heavy atom. The van der Waals surface area contributed by atoms with E-state index in [0.29, 0.717) is 0 Å². The lowest BCUT2D eigenvalue weighted by Crippen LogP contribution is -2.57. The Hall–Kier alpha value is -1.49. The number of benzene rings is 1. The van der Waals surface area contributed by atoms with Crippen LogP contribution < -0.4 is 5.32 Å². The fourth-order valence-corrected chi connectivity index (χ4v) is 2.54. The van der Waals surface area contributed by atoms with E-state index in [0.717, 1.165) is 19.2 Å². The number of rotatable bonds is 2. The van der Waals surface area contributed by atoms with E-state index < -0.39 is 11.6 Å². The van der Waals surface area contributed by atoms with Crippen LogP contribution >= 0.6 is 0 Å². The molecule has 2 atom stereocenters. The number of amides is 1. The van der Waals surface area contributed by atoms with Gasteiger partial charge in [0.25, 0.3) is 0 Å². The number of carbonyl (C=O) groups excluding carboxylic acids is 1. The van der Waals surface area contributed by atoms with E-state index in [1.165, 1.54) is 12.1 Å². The standard InChI is InChI=1S/C14H18F2N2O/c1-9-7-17-8-10(2)18(9)14(19)5-11-3-4-12(15)6-13(11)16/h3-4,6,9-10,17H,5,7-8H2,1-2H3. The van der Waals surface area contributed by atoms with Crippen LogP contribution in [0.5, 0.6) is 0 Å². The molecule has 19 heavy (non-hydrogen) atoms. The normalized spacial score (nSPS) is 23.5. The summed E-state index contributed by atoms with van der Waals surface area (Å²) >= 11 is 0. The SMILES string of the molecule is CC1CNCC(C)N1C(=O)Cc1ccc(F)cc1F. The first-order chi connectivity index (χ1) is 8.99. The second kappa shape index (κ2) is 5.65. The molecule has 1 N–H and O–H groups in total. The Kier molecular flexibility index (Phi) is 4.14. The minimum Gasteiger partial charge on any atom is -0.334 e. The van der Waals surface area contributed by atoms with Crippen molar-refractivity contribution in [2.75, 3.05) is 13.1 Å². The summed E-state index contributed by atoms with van der Waals surface area (Å²) in [5.74, 6) is -1.41. The summed E-state index contributed by atoms with van der Waals surface area (Å²) in [5, 5.41) is 3.23. The van der Waals surface area contributed by atoms with Crippen molar-refractivity contribution in [3.05, 3.63) is 35.4 Å². The summed E-state index contributed by atoms with van der Waals surface area (Å²) in [6, 6.07) is 3.49. The van der Waals surface area contributed by atoms with Crippen molar-refractivity contribution in [2.45, 2.75) is 32.4 Å². The molecule has 3 nitrogen and oxygen atoms in total. The lowest BCUT2D eigenvalue weighted by atomic mass is 10.1. The van der Waals surface area contributed by atoms with Gasteiger partial charge >= 0.3 is 0 Å². The number of carbonyl (C=O) groups is 1. The van der Waals surface area contributed by atoms with Crippen molar-refractivity contribution >= 4 is 5.91 Å². The van der Waals surface area contributed by atoms with E-state index in [1.54, 1.807) is 4.90 Å². The van der Waals surface area contributed by atoms with E-state index >= 15 is 0 Å². The molecule has 104 valence electrons. The quantitative estimate of drug-likeness (QED) is 0.885. The summed E-state index contributed by atoms with van der Waals surface area (Å²) in [5.41, 5.74) is 0.240. The number of nitrogens with one attached hydrogen (secondary N) is 1. The summed E-state index contributed by atoms with van der Waals surface area (Å²) < 4.78 is 26.4. The molecule has 5 heteroatoms. The minimum atomic E-state index is -0.663. The summed E-state index contributed by atoms with van der Waals surface area (Å²) in [4.78, 5) is 14.0. The number of hydrogen-bond donors (Lipinski definition) is 1. The number of halogens is 2. The van der Waals surface area contributed by atoms with Crippen molar-refractivity contribution in [1.29, 1.82) is 0 Å². The molecule has 0 radical (unpaired) electrons. The molecule has 0 aromatic heterocycles. The Balaban J connectivity index is 2.11. The Morgan fingerprint density at radius 2 is 1.95 bits per heavy atom. The molecule has 1 amide bonds. The fourth-order valence-electron chi connectivity index (χ4n) is 2.54. The molecule has 1 aromatic rings. The molecular formula is C14H18F2N2O. The highest BCUT2D eigenvalue weighted by molar-refractivity contribution is 5.79. The molecule has 0 spiro atoms. The smallest absolute Gasteiger partial charge is 0.227 e. The second-order valence-electron chi connectivity index (χ2n) is 5.07. The molecule has 1 aliphatic rings. The van der Waals surface area contributed by atoms with Gasteiger partial charge in [0.15, 0.2) is 0 Å². The van der Waals surface area contributed by atoms with Crippen LogP contribution in [0.15, 0.2) is 18.2 Å². The fraction of sp³-hybridized carbons (Fsp3) is 0.500. The van der Waals surface area contributed by atoms with Crippen LogP contribution in [0.2, 0.25) is 0 Å². The number of piperazine rings is 1. The third kappa shape index (κ3) is 3.10. The zero-order chi connectivity index (χ0) is 14.0. The van der Waals surface area contributed by atoms with Gasteiger partial charge in [-0.15, -0.1) is 0 Å². The molecule has 1 aliphatic heterocycles. The van der Waals surface area contributed by atoms with Gasteiger partial charge in [0.1, 0.15) is 11.6 Å². The lowest BCUT2D eigenvalue weighted by Gasteiger charge is -2.39. The van der Waals surface area contributed by atoms with Gasteiger partial charge in [-0.05, 0) is 25.5 Å². The topological polar surface area (TPSA) is 32.3 Å². The number of hydrogen-bond acceptors (Lipinski definition) is 2. The molecule has 2 unspecified atom stereocenters. The summed E-state index contributed by atoms with van der Waals surface area (Å²) in [6.07, 6.45) is -0.0270. The van der Waals surface area contributed by atoms with Crippen LogP contribution in [0.25, 0.3) is 0 Å². The van der Waals surface area contributed by atoms with Crippen molar-refractivity contribution in [3.8, 4) is 0 Å². The van der Waals surface area contributed by atoms with E-state index in [2.05, 4.69) is 5.32 Å². The van der Waals surface area contributed by atoms with Crippen LogP contribution in [-0.4, -0.2) is 36.0 Å². The van der Waals surface area contributed by atoms with Crippen molar-refractivity contribution < 1.29 is 13.6 Å². The second-order valence-corrected chi connectivity index (χ2v) is 5.07. The first kappa shape index (κ1) is 13.9. The molecule has 1 aromatic carbocycles. The highest BCUT2D eigenvalue weighted by Gasteiger charge is 2.28. The first-order valence-corrected chi connectivity index (χ1v) is 6.45. The van der Waals surface area contributed by atoms with Gasteiger partial charge in [0.05, 0.1) is 6.42 Å². The molecule has 0 bridgehead atoms. The molecule has 2 rings (SSSR count). The van der Waals surface area contributed by atoms with Crippen molar-refractivity contribution in [3.63, 3.8) is 0 Å². The Morgan fingerprint density at radius 1 is 1.32 bits per heavy atom. The van der Waals surface area contributed by atoms with E-state index in [1.807, 2.05) is 13.8 Å². The largest absolute Gasteiger partial charge is 0.334 e. The predicted octanol–water partition coefficient (Wildman–Crippen LogP) is 1.72. The van der Waals surface area contributed by atoms with Gasteiger partial charge in [-0.3, -0.25) is 4.79 Å².